The molecule has 0 spiro atoms. The van der Waals surface area contributed by atoms with Crippen LogP contribution in [0.3, 0.4) is 0 Å². The summed E-state index contributed by atoms with van der Waals surface area (Å²) in [5.41, 5.74) is 9.42. The predicted molar refractivity (Wildman–Crippen MR) is 76.6 cm³/mol. The van der Waals surface area contributed by atoms with E-state index in [0.29, 0.717) is 5.82 Å². The molecule has 0 saturated heterocycles. The van der Waals surface area contributed by atoms with Gasteiger partial charge in [0.1, 0.15) is 5.82 Å². The Morgan fingerprint density at radius 2 is 2.06 bits per heavy atom. The van der Waals surface area contributed by atoms with Gasteiger partial charge in [0, 0.05) is 25.0 Å². The van der Waals surface area contributed by atoms with Crippen LogP contribution in [0.2, 0.25) is 0 Å². The molecular formula is C15H19N3. The fraction of sp³-hybridized carbons (Fsp3) is 0.267. The lowest BCUT2D eigenvalue weighted by Gasteiger charge is -2.23. The van der Waals surface area contributed by atoms with E-state index < -0.39 is 0 Å². The number of nitrogen functional groups attached to an aromatic ring is 1. The lowest BCUT2D eigenvalue weighted by atomic mass is 10.2. The van der Waals surface area contributed by atoms with Gasteiger partial charge in [-0.3, -0.25) is 0 Å². The van der Waals surface area contributed by atoms with Gasteiger partial charge in [0.25, 0.3) is 0 Å². The molecule has 1 aromatic carbocycles. The molecule has 0 unspecified atom stereocenters. The number of benzene rings is 1. The number of aromatic nitrogens is 1. The fourth-order valence-corrected chi connectivity index (χ4v) is 2.02. The van der Waals surface area contributed by atoms with Crippen molar-refractivity contribution in [3.05, 3.63) is 53.7 Å². The maximum Gasteiger partial charge on any atom is 0.123 e. The van der Waals surface area contributed by atoms with Crippen molar-refractivity contribution >= 4 is 11.5 Å². The van der Waals surface area contributed by atoms with E-state index in [0.717, 1.165) is 13.1 Å². The quantitative estimate of drug-likeness (QED) is 0.894. The van der Waals surface area contributed by atoms with Gasteiger partial charge in [-0.25, -0.2) is 4.98 Å². The average molecular weight is 241 g/mol. The first-order valence-electron chi connectivity index (χ1n) is 6.21. The third kappa shape index (κ3) is 3.00. The topological polar surface area (TPSA) is 42.2 Å². The molecule has 0 aliphatic carbocycles. The van der Waals surface area contributed by atoms with Gasteiger partial charge in [-0.05, 0) is 49.2 Å². The molecule has 0 fully saturated rings. The van der Waals surface area contributed by atoms with Gasteiger partial charge < -0.3 is 10.6 Å². The zero-order valence-corrected chi connectivity index (χ0v) is 10.9. The summed E-state index contributed by atoms with van der Waals surface area (Å²) in [6, 6.07) is 12.5. The van der Waals surface area contributed by atoms with Crippen molar-refractivity contribution in [1.29, 1.82) is 0 Å². The van der Waals surface area contributed by atoms with Crippen molar-refractivity contribution < 1.29 is 0 Å². The Morgan fingerprint density at radius 3 is 2.72 bits per heavy atom. The highest BCUT2D eigenvalue weighted by atomic mass is 15.1. The summed E-state index contributed by atoms with van der Waals surface area (Å²) >= 11 is 0. The molecule has 2 aromatic rings. The molecule has 1 heterocycles. The average Bonchev–Trinajstić information content (AvgIpc) is 2.36. The predicted octanol–water partition coefficient (Wildman–Crippen LogP) is 3.00. The number of hydrogen-bond donors (Lipinski definition) is 1. The highest BCUT2D eigenvalue weighted by molar-refractivity contribution is 5.49. The van der Waals surface area contributed by atoms with Gasteiger partial charge in [0.05, 0.1) is 0 Å². The zero-order chi connectivity index (χ0) is 13.0. The highest BCUT2D eigenvalue weighted by Crippen LogP contribution is 2.18. The highest BCUT2D eigenvalue weighted by Gasteiger charge is 2.05. The first kappa shape index (κ1) is 12.4. The Labute approximate surface area is 108 Å². The van der Waals surface area contributed by atoms with Crippen LogP contribution in [0.25, 0.3) is 0 Å². The standard InChI is InChI=1S/C15H19N3/c1-3-18(14-6-4-5-12(2)9-14)11-13-7-8-17-15(16)10-13/h4-10H,3,11H2,1-2H3,(H2,16,17). The number of pyridine rings is 1. The summed E-state index contributed by atoms with van der Waals surface area (Å²) in [5, 5.41) is 0. The van der Waals surface area contributed by atoms with E-state index in [2.05, 4.69) is 48.0 Å². The van der Waals surface area contributed by atoms with Crippen molar-refractivity contribution in [3.63, 3.8) is 0 Å². The van der Waals surface area contributed by atoms with Gasteiger partial charge >= 0.3 is 0 Å². The lowest BCUT2D eigenvalue weighted by molar-refractivity contribution is 0.830. The molecule has 18 heavy (non-hydrogen) atoms. The first-order valence-corrected chi connectivity index (χ1v) is 6.21. The van der Waals surface area contributed by atoms with Gasteiger partial charge in [0.15, 0.2) is 0 Å². The Hall–Kier alpha value is -2.03. The van der Waals surface area contributed by atoms with E-state index in [1.807, 2.05) is 12.1 Å². The molecule has 94 valence electrons. The van der Waals surface area contributed by atoms with Crippen molar-refractivity contribution in [2.24, 2.45) is 0 Å². The van der Waals surface area contributed by atoms with Crippen LogP contribution in [0, 0.1) is 6.92 Å². The minimum Gasteiger partial charge on any atom is -0.384 e. The number of hydrogen-bond acceptors (Lipinski definition) is 3. The van der Waals surface area contributed by atoms with E-state index in [9.17, 15) is 0 Å². The fourth-order valence-electron chi connectivity index (χ4n) is 2.02. The van der Waals surface area contributed by atoms with E-state index in [4.69, 9.17) is 5.73 Å². The molecule has 2 rings (SSSR count). The third-order valence-electron chi connectivity index (χ3n) is 2.97. The van der Waals surface area contributed by atoms with Gasteiger partial charge in [-0.15, -0.1) is 0 Å². The normalized spacial score (nSPS) is 10.3. The lowest BCUT2D eigenvalue weighted by Crippen LogP contribution is -2.22. The van der Waals surface area contributed by atoms with E-state index in [1.165, 1.54) is 16.8 Å². The third-order valence-corrected chi connectivity index (χ3v) is 2.97. The smallest absolute Gasteiger partial charge is 0.123 e. The minimum atomic E-state index is 0.577. The SMILES string of the molecule is CCN(Cc1ccnc(N)c1)c1cccc(C)c1. The molecule has 0 aliphatic rings. The molecule has 2 N–H and O–H groups in total. The Kier molecular flexibility index (Phi) is 3.82. The van der Waals surface area contributed by atoms with Gasteiger partial charge in [-0.1, -0.05) is 12.1 Å². The van der Waals surface area contributed by atoms with Gasteiger partial charge in [-0.2, -0.15) is 0 Å². The Bertz CT molecular complexity index is 523. The van der Waals surface area contributed by atoms with Crippen LogP contribution < -0.4 is 10.6 Å². The van der Waals surface area contributed by atoms with Gasteiger partial charge in [0.2, 0.25) is 0 Å². The van der Waals surface area contributed by atoms with Crippen molar-refractivity contribution in [2.75, 3.05) is 17.2 Å². The van der Waals surface area contributed by atoms with Crippen LogP contribution in [-0.2, 0) is 6.54 Å². The second kappa shape index (κ2) is 5.54. The molecule has 1 aromatic heterocycles. The van der Waals surface area contributed by atoms with Crippen LogP contribution in [0.4, 0.5) is 11.5 Å². The monoisotopic (exact) mass is 241 g/mol. The number of nitrogens with zero attached hydrogens (tertiary/aromatic N) is 2. The van der Waals surface area contributed by atoms with Crippen LogP contribution in [0.15, 0.2) is 42.6 Å². The molecule has 0 aliphatic heterocycles. The molecule has 3 heteroatoms. The largest absolute Gasteiger partial charge is 0.384 e. The summed E-state index contributed by atoms with van der Waals surface area (Å²) in [5.74, 6) is 0.577. The Morgan fingerprint density at radius 1 is 1.22 bits per heavy atom. The van der Waals surface area contributed by atoms with E-state index in [-0.39, 0.29) is 0 Å². The van der Waals surface area contributed by atoms with E-state index in [1.54, 1.807) is 6.20 Å². The zero-order valence-electron chi connectivity index (χ0n) is 10.9. The minimum absolute atomic E-state index is 0.577. The van der Waals surface area contributed by atoms with Crippen molar-refractivity contribution in [2.45, 2.75) is 20.4 Å². The number of anilines is 2. The molecule has 0 saturated carbocycles. The first-order chi connectivity index (χ1) is 8.69. The Balaban J connectivity index is 2.19. The molecule has 0 bridgehead atoms. The van der Waals surface area contributed by atoms with Crippen molar-refractivity contribution in [1.82, 2.24) is 4.98 Å². The molecule has 3 nitrogen and oxygen atoms in total. The molecular weight excluding hydrogens is 222 g/mol. The second-order valence-corrected chi connectivity index (χ2v) is 4.44. The second-order valence-electron chi connectivity index (χ2n) is 4.44. The maximum atomic E-state index is 5.71. The number of nitrogens with two attached hydrogens (primary N) is 1. The number of rotatable bonds is 4. The summed E-state index contributed by atoms with van der Waals surface area (Å²) < 4.78 is 0. The number of aryl methyl sites for hydroxylation is 1. The summed E-state index contributed by atoms with van der Waals surface area (Å²) in [7, 11) is 0. The van der Waals surface area contributed by atoms with Crippen LogP contribution in [0.5, 0.6) is 0 Å². The van der Waals surface area contributed by atoms with E-state index >= 15 is 0 Å². The molecule has 0 radical (unpaired) electrons. The van der Waals surface area contributed by atoms with Crippen LogP contribution >= 0.6 is 0 Å². The maximum absolute atomic E-state index is 5.71. The summed E-state index contributed by atoms with van der Waals surface area (Å²) in [4.78, 5) is 6.34. The molecule has 0 atom stereocenters. The van der Waals surface area contributed by atoms with Crippen LogP contribution in [0.1, 0.15) is 18.1 Å². The molecule has 0 amide bonds. The summed E-state index contributed by atoms with van der Waals surface area (Å²) in [6.07, 6.45) is 1.76. The van der Waals surface area contributed by atoms with Crippen molar-refractivity contribution in [3.8, 4) is 0 Å². The summed E-state index contributed by atoms with van der Waals surface area (Å²) in [6.45, 7) is 6.09. The van der Waals surface area contributed by atoms with Crippen LogP contribution in [-0.4, -0.2) is 11.5 Å².